The predicted molar refractivity (Wildman–Crippen MR) is 53.6 cm³/mol. The monoisotopic (exact) mass is 177 g/mol. The summed E-state index contributed by atoms with van der Waals surface area (Å²) in [6.07, 6.45) is 4.74. The lowest BCUT2D eigenvalue weighted by atomic mass is 10.1. The van der Waals surface area contributed by atoms with E-state index in [9.17, 15) is 0 Å². The van der Waals surface area contributed by atoms with Gasteiger partial charge < -0.3 is 10.6 Å². The summed E-state index contributed by atoms with van der Waals surface area (Å²) >= 11 is 0. The van der Waals surface area contributed by atoms with Crippen LogP contribution in [0.1, 0.15) is 13.3 Å². The van der Waals surface area contributed by atoms with Gasteiger partial charge in [-0.05, 0) is 25.5 Å². The summed E-state index contributed by atoms with van der Waals surface area (Å²) in [6, 6.07) is 4.83. The van der Waals surface area contributed by atoms with Crippen LogP contribution in [0.4, 0.5) is 5.69 Å². The zero-order valence-corrected chi connectivity index (χ0v) is 7.85. The van der Waals surface area contributed by atoms with Crippen LogP contribution in [-0.2, 0) is 0 Å². The van der Waals surface area contributed by atoms with E-state index in [1.807, 2.05) is 24.5 Å². The van der Waals surface area contributed by atoms with Gasteiger partial charge in [0.2, 0.25) is 0 Å². The highest BCUT2D eigenvalue weighted by Crippen LogP contribution is 2.23. The molecule has 2 heterocycles. The van der Waals surface area contributed by atoms with Gasteiger partial charge >= 0.3 is 0 Å². The van der Waals surface area contributed by atoms with Crippen molar-refractivity contribution in [2.24, 2.45) is 5.73 Å². The van der Waals surface area contributed by atoms with E-state index in [0.717, 1.165) is 13.0 Å². The molecule has 3 heteroatoms. The molecular weight excluding hydrogens is 162 g/mol. The van der Waals surface area contributed by atoms with Gasteiger partial charge in [0.25, 0.3) is 0 Å². The molecule has 2 unspecified atom stereocenters. The van der Waals surface area contributed by atoms with E-state index in [2.05, 4.69) is 16.8 Å². The first-order chi connectivity index (χ1) is 6.29. The number of nitrogens with zero attached hydrogens (tertiary/aromatic N) is 2. The highest BCUT2D eigenvalue weighted by Gasteiger charge is 2.27. The van der Waals surface area contributed by atoms with Crippen LogP contribution < -0.4 is 10.6 Å². The van der Waals surface area contributed by atoms with Crippen molar-refractivity contribution < 1.29 is 0 Å². The molecule has 2 rings (SSSR count). The number of pyridine rings is 1. The maximum absolute atomic E-state index is 5.95. The second kappa shape index (κ2) is 3.34. The molecule has 1 aliphatic rings. The van der Waals surface area contributed by atoms with E-state index in [1.165, 1.54) is 5.69 Å². The molecular formula is C10H15N3. The molecule has 3 nitrogen and oxygen atoms in total. The molecule has 0 bridgehead atoms. The molecule has 1 aromatic heterocycles. The molecule has 0 amide bonds. The molecule has 0 saturated carbocycles. The van der Waals surface area contributed by atoms with E-state index in [0.29, 0.717) is 12.1 Å². The van der Waals surface area contributed by atoms with Gasteiger partial charge in [0.1, 0.15) is 0 Å². The van der Waals surface area contributed by atoms with Crippen molar-refractivity contribution in [3.8, 4) is 0 Å². The number of nitrogens with two attached hydrogens (primary N) is 1. The smallest absolute Gasteiger partial charge is 0.0413 e. The van der Waals surface area contributed by atoms with Crippen LogP contribution in [0.2, 0.25) is 0 Å². The standard InChI is InChI=1S/C10H15N3/c1-8-10(11)4-7-13(8)9-2-5-12-6-3-9/h2-3,5-6,8,10H,4,7,11H2,1H3. The van der Waals surface area contributed by atoms with Gasteiger partial charge in [-0.2, -0.15) is 0 Å². The third-order valence-corrected chi connectivity index (χ3v) is 2.81. The first kappa shape index (κ1) is 8.51. The summed E-state index contributed by atoms with van der Waals surface area (Å²) < 4.78 is 0. The Morgan fingerprint density at radius 2 is 2.15 bits per heavy atom. The Morgan fingerprint density at radius 1 is 1.46 bits per heavy atom. The third kappa shape index (κ3) is 1.52. The molecule has 2 atom stereocenters. The second-order valence-electron chi connectivity index (χ2n) is 3.59. The van der Waals surface area contributed by atoms with Gasteiger partial charge in [-0.15, -0.1) is 0 Å². The average Bonchev–Trinajstić information content (AvgIpc) is 2.49. The molecule has 70 valence electrons. The van der Waals surface area contributed by atoms with Crippen molar-refractivity contribution in [3.05, 3.63) is 24.5 Å². The van der Waals surface area contributed by atoms with Crippen molar-refractivity contribution in [2.45, 2.75) is 25.4 Å². The van der Waals surface area contributed by atoms with Crippen LogP contribution in [0.3, 0.4) is 0 Å². The molecule has 1 aliphatic heterocycles. The third-order valence-electron chi connectivity index (χ3n) is 2.81. The van der Waals surface area contributed by atoms with Gasteiger partial charge in [-0.1, -0.05) is 0 Å². The fourth-order valence-electron chi connectivity index (χ4n) is 1.86. The summed E-state index contributed by atoms with van der Waals surface area (Å²) in [4.78, 5) is 6.34. The minimum atomic E-state index is 0.313. The minimum Gasteiger partial charge on any atom is -0.367 e. The molecule has 1 saturated heterocycles. The van der Waals surface area contributed by atoms with E-state index in [1.54, 1.807) is 0 Å². The Labute approximate surface area is 78.6 Å². The van der Waals surface area contributed by atoms with Crippen molar-refractivity contribution in [2.75, 3.05) is 11.4 Å². The minimum absolute atomic E-state index is 0.313. The maximum Gasteiger partial charge on any atom is 0.0413 e. The number of aromatic nitrogens is 1. The predicted octanol–water partition coefficient (Wildman–Crippen LogP) is 1.01. The van der Waals surface area contributed by atoms with Crippen LogP contribution in [-0.4, -0.2) is 23.6 Å². The first-order valence-electron chi connectivity index (χ1n) is 4.71. The first-order valence-corrected chi connectivity index (χ1v) is 4.71. The average molecular weight is 177 g/mol. The fourth-order valence-corrected chi connectivity index (χ4v) is 1.86. The van der Waals surface area contributed by atoms with E-state index in [4.69, 9.17) is 5.73 Å². The number of rotatable bonds is 1. The maximum atomic E-state index is 5.95. The summed E-state index contributed by atoms with van der Waals surface area (Å²) in [6.45, 7) is 3.24. The summed E-state index contributed by atoms with van der Waals surface area (Å²) in [5, 5.41) is 0. The van der Waals surface area contributed by atoms with Crippen molar-refractivity contribution in [1.29, 1.82) is 0 Å². The van der Waals surface area contributed by atoms with Gasteiger partial charge in [-0.3, -0.25) is 4.98 Å². The number of hydrogen-bond donors (Lipinski definition) is 1. The molecule has 0 aromatic carbocycles. The van der Waals surface area contributed by atoms with Gasteiger partial charge in [-0.25, -0.2) is 0 Å². The summed E-state index contributed by atoms with van der Waals surface area (Å²) in [5.74, 6) is 0. The summed E-state index contributed by atoms with van der Waals surface area (Å²) in [5.41, 5.74) is 7.18. The van der Waals surface area contributed by atoms with Crippen molar-refractivity contribution in [3.63, 3.8) is 0 Å². The number of hydrogen-bond acceptors (Lipinski definition) is 3. The molecule has 1 aromatic rings. The number of anilines is 1. The Balaban J connectivity index is 2.19. The quantitative estimate of drug-likeness (QED) is 0.696. The molecule has 0 spiro atoms. The van der Waals surface area contributed by atoms with Gasteiger partial charge in [0.05, 0.1) is 0 Å². The lowest BCUT2D eigenvalue weighted by molar-refractivity contribution is 0.624. The van der Waals surface area contributed by atoms with Crippen LogP contribution in [0.25, 0.3) is 0 Å². The Hall–Kier alpha value is -1.09. The van der Waals surface area contributed by atoms with E-state index < -0.39 is 0 Å². The van der Waals surface area contributed by atoms with Crippen LogP contribution in [0, 0.1) is 0 Å². The Morgan fingerprint density at radius 3 is 2.69 bits per heavy atom. The van der Waals surface area contributed by atoms with Crippen molar-refractivity contribution in [1.82, 2.24) is 4.98 Å². The fraction of sp³-hybridized carbons (Fsp3) is 0.500. The molecule has 2 N–H and O–H groups in total. The van der Waals surface area contributed by atoms with Crippen LogP contribution >= 0.6 is 0 Å². The Bertz CT molecular complexity index is 273. The van der Waals surface area contributed by atoms with E-state index >= 15 is 0 Å². The zero-order chi connectivity index (χ0) is 9.26. The molecule has 0 radical (unpaired) electrons. The van der Waals surface area contributed by atoms with Gasteiger partial charge in [0.15, 0.2) is 0 Å². The van der Waals surface area contributed by atoms with E-state index in [-0.39, 0.29) is 0 Å². The molecule has 1 fully saturated rings. The zero-order valence-electron chi connectivity index (χ0n) is 7.85. The Kier molecular flexibility index (Phi) is 2.19. The highest BCUT2D eigenvalue weighted by molar-refractivity contribution is 5.47. The highest BCUT2D eigenvalue weighted by atomic mass is 15.2. The molecule has 13 heavy (non-hydrogen) atoms. The lowest BCUT2D eigenvalue weighted by Crippen LogP contribution is -2.36. The lowest BCUT2D eigenvalue weighted by Gasteiger charge is -2.24. The SMILES string of the molecule is CC1C(N)CCN1c1ccncc1. The van der Waals surface area contributed by atoms with Crippen LogP contribution in [0.15, 0.2) is 24.5 Å². The van der Waals surface area contributed by atoms with Crippen molar-refractivity contribution >= 4 is 5.69 Å². The second-order valence-corrected chi connectivity index (χ2v) is 3.59. The normalized spacial score (nSPS) is 28.0. The van der Waals surface area contributed by atoms with Crippen LogP contribution in [0.5, 0.6) is 0 Å². The van der Waals surface area contributed by atoms with Gasteiger partial charge in [0, 0.05) is 36.7 Å². The topological polar surface area (TPSA) is 42.1 Å². The summed E-state index contributed by atoms with van der Waals surface area (Å²) in [7, 11) is 0. The largest absolute Gasteiger partial charge is 0.367 e. The molecule has 0 aliphatic carbocycles.